The van der Waals surface area contributed by atoms with Crippen LogP contribution in [-0.2, 0) is 4.79 Å². The number of hydrogen-bond donors (Lipinski definition) is 1. The summed E-state index contributed by atoms with van der Waals surface area (Å²) in [6, 6.07) is 15.2. The van der Waals surface area contributed by atoms with E-state index in [1.165, 1.54) is 11.8 Å². The van der Waals surface area contributed by atoms with Gasteiger partial charge in [-0.25, -0.2) is 9.97 Å². The van der Waals surface area contributed by atoms with E-state index in [-0.39, 0.29) is 6.42 Å². The Morgan fingerprint density at radius 3 is 2.13 bits per heavy atom. The fraction of sp³-hybridized carbons (Fsp3) is 0.261. The minimum absolute atomic E-state index is 0.119. The van der Waals surface area contributed by atoms with Crippen molar-refractivity contribution in [2.45, 2.75) is 18.0 Å². The van der Waals surface area contributed by atoms with Gasteiger partial charge in [-0.3, -0.25) is 4.79 Å². The molecule has 1 heterocycles. The third kappa shape index (κ3) is 5.88. The van der Waals surface area contributed by atoms with Crippen molar-refractivity contribution in [3.63, 3.8) is 0 Å². The normalized spacial score (nSPS) is 10.5. The molecule has 0 saturated carbocycles. The Hall–Kier alpha value is -3.26. The second-order valence-electron chi connectivity index (χ2n) is 6.57. The highest BCUT2D eigenvalue weighted by molar-refractivity contribution is 7.99. The molecule has 162 valence electrons. The topological polar surface area (TPSA) is 90.8 Å². The van der Waals surface area contributed by atoms with Crippen LogP contribution < -0.4 is 14.2 Å². The second-order valence-corrected chi connectivity index (χ2v) is 7.63. The summed E-state index contributed by atoms with van der Waals surface area (Å²) in [5.41, 5.74) is 3.30. The Morgan fingerprint density at radius 2 is 1.52 bits per heavy atom. The average Bonchev–Trinajstić information content (AvgIpc) is 2.81. The lowest BCUT2D eigenvalue weighted by Crippen LogP contribution is -1.98. The molecule has 0 saturated heterocycles. The molecular formula is C23H24N2O5S. The summed E-state index contributed by atoms with van der Waals surface area (Å²) in [6.45, 7) is 0. The molecule has 8 heteroatoms. The van der Waals surface area contributed by atoms with Gasteiger partial charge in [0.05, 0.1) is 32.7 Å². The molecule has 0 unspecified atom stereocenters. The van der Waals surface area contributed by atoms with Crippen molar-refractivity contribution in [2.24, 2.45) is 0 Å². The molecule has 1 N–H and O–H groups in total. The summed E-state index contributed by atoms with van der Waals surface area (Å²) >= 11 is 1.44. The second kappa shape index (κ2) is 10.7. The highest BCUT2D eigenvalue weighted by Crippen LogP contribution is 2.34. The third-order valence-corrected chi connectivity index (χ3v) is 5.47. The zero-order valence-corrected chi connectivity index (χ0v) is 18.4. The van der Waals surface area contributed by atoms with Crippen LogP contribution in [0.4, 0.5) is 0 Å². The van der Waals surface area contributed by atoms with Gasteiger partial charge >= 0.3 is 5.97 Å². The number of carboxylic acids is 1. The highest BCUT2D eigenvalue weighted by Gasteiger charge is 2.12. The monoisotopic (exact) mass is 440 g/mol. The maximum absolute atomic E-state index is 10.8. The Bertz CT molecular complexity index is 1040. The molecule has 7 nitrogen and oxygen atoms in total. The van der Waals surface area contributed by atoms with E-state index in [0.29, 0.717) is 28.8 Å². The van der Waals surface area contributed by atoms with Gasteiger partial charge in [0.25, 0.3) is 0 Å². The fourth-order valence-electron chi connectivity index (χ4n) is 2.93. The van der Waals surface area contributed by atoms with Crippen LogP contribution in [0.25, 0.3) is 22.5 Å². The lowest BCUT2D eigenvalue weighted by atomic mass is 10.1. The molecule has 0 aliphatic rings. The summed E-state index contributed by atoms with van der Waals surface area (Å²) < 4.78 is 16.0. The van der Waals surface area contributed by atoms with Gasteiger partial charge in [0.1, 0.15) is 5.75 Å². The summed E-state index contributed by atoms with van der Waals surface area (Å²) in [5, 5.41) is 9.44. The van der Waals surface area contributed by atoms with Crippen molar-refractivity contribution in [3.8, 4) is 39.8 Å². The Balaban J connectivity index is 1.98. The van der Waals surface area contributed by atoms with Crippen molar-refractivity contribution in [2.75, 3.05) is 27.1 Å². The van der Waals surface area contributed by atoms with Gasteiger partial charge < -0.3 is 19.3 Å². The van der Waals surface area contributed by atoms with Crippen LogP contribution in [0.2, 0.25) is 0 Å². The zero-order chi connectivity index (χ0) is 22.2. The largest absolute Gasteiger partial charge is 0.497 e. The number of hydrogen-bond acceptors (Lipinski definition) is 7. The number of rotatable bonds is 10. The molecule has 3 rings (SSSR count). The summed E-state index contributed by atoms with van der Waals surface area (Å²) in [4.78, 5) is 20.2. The van der Waals surface area contributed by atoms with E-state index in [2.05, 4.69) is 4.98 Å². The molecule has 0 amide bonds. The molecular weight excluding hydrogens is 416 g/mol. The van der Waals surface area contributed by atoms with E-state index in [1.807, 2.05) is 48.5 Å². The van der Waals surface area contributed by atoms with E-state index < -0.39 is 5.97 Å². The Labute approximate surface area is 185 Å². The quantitative estimate of drug-likeness (QED) is 0.273. The van der Waals surface area contributed by atoms with Gasteiger partial charge in [-0.2, -0.15) is 0 Å². The van der Waals surface area contributed by atoms with Crippen LogP contribution in [0.3, 0.4) is 0 Å². The first-order valence-corrected chi connectivity index (χ1v) is 10.6. The standard InChI is InChI=1S/C23H24N2O5S/c1-28-17-9-6-15(7-10-17)18-14-19(16-8-11-20(29-2)21(13-16)30-3)25-23(24-18)31-12-4-5-22(26)27/h6-11,13-14H,4-5,12H2,1-3H3,(H,26,27). The summed E-state index contributed by atoms with van der Waals surface area (Å²) in [6.07, 6.45) is 0.662. The minimum Gasteiger partial charge on any atom is -0.497 e. The molecule has 1 aromatic heterocycles. The number of thioether (sulfide) groups is 1. The Kier molecular flexibility index (Phi) is 7.72. The first kappa shape index (κ1) is 22.4. The number of benzene rings is 2. The molecule has 0 aliphatic carbocycles. The lowest BCUT2D eigenvalue weighted by Gasteiger charge is -2.12. The van der Waals surface area contributed by atoms with Crippen molar-refractivity contribution < 1.29 is 24.1 Å². The molecule has 0 spiro atoms. The molecule has 0 bridgehead atoms. The van der Waals surface area contributed by atoms with Gasteiger partial charge in [0.2, 0.25) is 0 Å². The predicted octanol–water partition coefficient (Wildman–Crippen LogP) is 4.79. The van der Waals surface area contributed by atoms with Crippen LogP contribution in [0.1, 0.15) is 12.8 Å². The fourth-order valence-corrected chi connectivity index (χ4v) is 3.73. The van der Waals surface area contributed by atoms with Crippen LogP contribution in [0, 0.1) is 0 Å². The van der Waals surface area contributed by atoms with Crippen molar-refractivity contribution in [1.29, 1.82) is 0 Å². The maximum Gasteiger partial charge on any atom is 0.303 e. The Morgan fingerprint density at radius 1 is 0.871 bits per heavy atom. The summed E-state index contributed by atoms with van der Waals surface area (Å²) in [7, 11) is 4.81. The van der Waals surface area contributed by atoms with Gasteiger partial charge in [0.15, 0.2) is 16.7 Å². The highest BCUT2D eigenvalue weighted by atomic mass is 32.2. The van der Waals surface area contributed by atoms with E-state index in [9.17, 15) is 4.79 Å². The molecule has 0 atom stereocenters. The van der Waals surface area contributed by atoms with Gasteiger partial charge in [-0.1, -0.05) is 11.8 Å². The first-order valence-electron chi connectivity index (χ1n) is 9.64. The maximum atomic E-state index is 10.8. The molecule has 0 fully saturated rings. The number of methoxy groups -OCH3 is 3. The number of carbonyl (C=O) groups is 1. The third-order valence-electron chi connectivity index (χ3n) is 4.54. The van der Waals surface area contributed by atoms with Gasteiger partial charge in [-0.15, -0.1) is 0 Å². The van der Waals surface area contributed by atoms with Gasteiger partial charge in [-0.05, 0) is 55.0 Å². The van der Waals surface area contributed by atoms with Crippen LogP contribution >= 0.6 is 11.8 Å². The van der Waals surface area contributed by atoms with E-state index in [0.717, 1.165) is 28.3 Å². The molecule has 2 aromatic carbocycles. The number of aromatic nitrogens is 2. The molecule has 3 aromatic rings. The minimum atomic E-state index is -0.806. The summed E-state index contributed by atoms with van der Waals surface area (Å²) in [5.74, 6) is 1.82. The predicted molar refractivity (Wildman–Crippen MR) is 120 cm³/mol. The van der Waals surface area contributed by atoms with E-state index in [1.54, 1.807) is 21.3 Å². The lowest BCUT2D eigenvalue weighted by molar-refractivity contribution is -0.137. The van der Waals surface area contributed by atoms with Crippen LogP contribution in [0.5, 0.6) is 17.2 Å². The van der Waals surface area contributed by atoms with E-state index in [4.69, 9.17) is 24.3 Å². The van der Waals surface area contributed by atoms with Crippen molar-refractivity contribution in [1.82, 2.24) is 9.97 Å². The number of aliphatic carboxylic acids is 1. The average molecular weight is 441 g/mol. The number of nitrogens with zero attached hydrogens (tertiary/aromatic N) is 2. The number of carboxylic acid groups (broad SMARTS) is 1. The number of ether oxygens (including phenoxy) is 3. The van der Waals surface area contributed by atoms with Gasteiger partial charge in [0, 0.05) is 23.3 Å². The van der Waals surface area contributed by atoms with Crippen molar-refractivity contribution in [3.05, 3.63) is 48.5 Å². The van der Waals surface area contributed by atoms with E-state index >= 15 is 0 Å². The molecule has 0 radical (unpaired) electrons. The smallest absolute Gasteiger partial charge is 0.303 e. The molecule has 31 heavy (non-hydrogen) atoms. The molecule has 0 aliphatic heterocycles. The zero-order valence-electron chi connectivity index (χ0n) is 17.6. The SMILES string of the molecule is COc1ccc(-c2cc(-c3ccc(OC)c(OC)c3)nc(SCCCC(=O)O)n2)cc1. The first-order chi connectivity index (χ1) is 15.0. The van der Waals surface area contributed by atoms with Crippen LogP contribution in [0.15, 0.2) is 53.7 Å². The van der Waals surface area contributed by atoms with Crippen molar-refractivity contribution >= 4 is 17.7 Å². The van der Waals surface area contributed by atoms with Crippen LogP contribution in [-0.4, -0.2) is 48.1 Å².